The van der Waals surface area contributed by atoms with Gasteiger partial charge in [0.25, 0.3) is 0 Å². The average Bonchev–Trinajstić information content (AvgIpc) is 3.27. The Kier molecular flexibility index (Phi) is 7.06. The van der Waals surface area contributed by atoms with Crippen LogP contribution in [-0.4, -0.2) is 30.6 Å². The Hall–Kier alpha value is -3.59. The van der Waals surface area contributed by atoms with Gasteiger partial charge in [0, 0.05) is 30.1 Å². The van der Waals surface area contributed by atoms with E-state index in [2.05, 4.69) is 27.0 Å². The van der Waals surface area contributed by atoms with Crippen molar-refractivity contribution in [2.45, 2.75) is 45.3 Å². The molecule has 37 heavy (non-hydrogen) atoms. The number of benzene rings is 1. The van der Waals surface area contributed by atoms with Gasteiger partial charge in [0.15, 0.2) is 12.0 Å². The fraction of sp³-hybridized carbons (Fsp3) is 0.333. The molecule has 0 aliphatic heterocycles. The third-order valence-electron chi connectivity index (χ3n) is 7.11. The first-order valence-electron chi connectivity index (χ1n) is 12.2. The van der Waals surface area contributed by atoms with E-state index in [1.807, 2.05) is 4.57 Å². The number of amidine groups is 1. The van der Waals surface area contributed by atoms with Crippen molar-refractivity contribution in [3.8, 4) is 11.3 Å². The summed E-state index contributed by atoms with van der Waals surface area (Å²) in [5, 5.41) is 12.7. The standard InChI is InChI=1S/C27H27ClF2N6O/c1-15-6-8-16(9-7-15)14-36-22(23(30)19-4-2-3-5-20(19)29)11-21-25(36)24(17-10-18(28)13-32-12-17)34-27(33-21)26(31)35-37/h2-5,10-13,15-16,23,37H,6-9,14H2,1H3,(H2,31,35). The Morgan fingerprint density at radius 2 is 1.95 bits per heavy atom. The van der Waals surface area contributed by atoms with E-state index in [9.17, 15) is 9.60 Å². The Labute approximate surface area is 218 Å². The van der Waals surface area contributed by atoms with E-state index in [1.165, 1.54) is 24.4 Å². The third kappa shape index (κ3) is 5.00. The zero-order valence-electron chi connectivity index (χ0n) is 20.3. The van der Waals surface area contributed by atoms with Crippen molar-refractivity contribution in [3.05, 3.63) is 76.7 Å². The maximum Gasteiger partial charge on any atom is 0.208 e. The van der Waals surface area contributed by atoms with Crippen molar-refractivity contribution in [2.75, 3.05) is 0 Å². The molecule has 10 heteroatoms. The van der Waals surface area contributed by atoms with Crippen molar-refractivity contribution in [1.29, 1.82) is 0 Å². The van der Waals surface area contributed by atoms with Gasteiger partial charge in [-0.2, -0.15) is 0 Å². The van der Waals surface area contributed by atoms with Crippen LogP contribution >= 0.6 is 11.6 Å². The van der Waals surface area contributed by atoms with Crippen molar-refractivity contribution < 1.29 is 14.0 Å². The lowest BCUT2D eigenvalue weighted by Crippen LogP contribution is -2.20. The maximum atomic E-state index is 16.1. The van der Waals surface area contributed by atoms with E-state index < -0.39 is 12.0 Å². The highest BCUT2D eigenvalue weighted by Crippen LogP contribution is 2.38. The van der Waals surface area contributed by atoms with E-state index in [-0.39, 0.29) is 22.9 Å². The van der Waals surface area contributed by atoms with Gasteiger partial charge in [0.05, 0.1) is 21.7 Å². The molecule has 1 atom stereocenters. The van der Waals surface area contributed by atoms with Crippen LogP contribution in [0.15, 0.2) is 53.9 Å². The minimum atomic E-state index is -1.74. The summed E-state index contributed by atoms with van der Waals surface area (Å²) >= 11 is 6.23. The summed E-state index contributed by atoms with van der Waals surface area (Å²) < 4.78 is 32.7. The molecule has 3 heterocycles. The van der Waals surface area contributed by atoms with Gasteiger partial charge in [-0.1, -0.05) is 54.7 Å². The molecule has 1 aromatic carbocycles. The Morgan fingerprint density at radius 1 is 1.19 bits per heavy atom. The summed E-state index contributed by atoms with van der Waals surface area (Å²) in [6.07, 6.45) is 5.56. The first-order chi connectivity index (χ1) is 17.9. The maximum absolute atomic E-state index is 16.1. The van der Waals surface area contributed by atoms with Gasteiger partial charge in [-0.25, -0.2) is 18.7 Å². The van der Waals surface area contributed by atoms with Crippen LogP contribution in [-0.2, 0) is 6.54 Å². The number of hydrogen-bond donors (Lipinski definition) is 2. The van der Waals surface area contributed by atoms with Crippen molar-refractivity contribution in [1.82, 2.24) is 19.5 Å². The molecule has 1 fully saturated rings. The average molecular weight is 525 g/mol. The van der Waals surface area contributed by atoms with E-state index >= 15 is 4.39 Å². The summed E-state index contributed by atoms with van der Waals surface area (Å²) in [6, 6.07) is 9.12. The van der Waals surface area contributed by atoms with E-state index in [0.717, 1.165) is 25.7 Å². The number of alkyl halides is 1. The summed E-state index contributed by atoms with van der Waals surface area (Å²) in [4.78, 5) is 13.2. The van der Waals surface area contributed by atoms with Gasteiger partial charge in [0.1, 0.15) is 11.5 Å². The van der Waals surface area contributed by atoms with E-state index in [1.54, 1.807) is 24.4 Å². The molecule has 1 aliphatic carbocycles. The minimum Gasteiger partial charge on any atom is -0.409 e. The summed E-state index contributed by atoms with van der Waals surface area (Å²) in [7, 11) is 0. The second-order valence-electron chi connectivity index (χ2n) is 9.70. The van der Waals surface area contributed by atoms with Gasteiger partial charge in [-0.15, -0.1) is 0 Å². The van der Waals surface area contributed by atoms with Crippen molar-refractivity contribution >= 4 is 28.5 Å². The van der Waals surface area contributed by atoms with Crippen LogP contribution in [0.25, 0.3) is 22.3 Å². The number of nitrogens with two attached hydrogens (primary N) is 1. The lowest BCUT2D eigenvalue weighted by molar-refractivity contribution is 0.260. The number of aromatic nitrogens is 4. The predicted octanol–water partition coefficient (Wildman–Crippen LogP) is 6.27. The lowest BCUT2D eigenvalue weighted by atomic mass is 9.83. The molecule has 1 saturated carbocycles. The van der Waals surface area contributed by atoms with E-state index in [0.29, 0.717) is 45.7 Å². The summed E-state index contributed by atoms with van der Waals surface area (Å²) in [6.45, 7) is 2.77. The van der Waals surface area contributed by atoms with Crippen LogP contribution < -0.4 is 5.73 Å². The van der Waals surface area contributed by atoms with Gasteiger partial charge in [0.2, 0.25) is 5.84 Å². The van der Waals surface area contributed by atoms with Crippen LogP contribution in [0.3, 0.4) is 0 Å². The summed E-state index contributed by atoms with van der Waals surface area (Å²) in [5.41, 5.74) is 7.99. The molecule has 0 saturated heterocycles. The first kappa shape index (κ1) is 25.1. The smallest absolute Gasteiger partial charge is 0.208 e. The number of oxime groups is 1. The molecular formula is C27H27ClF2N6O. The quantitative estimate of drug-likeness (QED) is 0.134. The number of nitrogens with zero attached hydrogens (tertiary/aromatic N) is 5. The van der Waals surface area contributed by atoms with Crippen molar-refractivity contribution in [2.24, 2.45) is 22.7 Å². The number of halogens is 3. The topological polar surface area (TPSA) is 102 Å². The molecule has 4 aromatic rings. The zero-order valence-corrected chi connectivity index (χ0v) is 21.0. The second-order valence-corrected chi connectivity index (χ2v) is 10.1. The third-order valence-corrected chi connectivity index (χ3v) is 7.31. The SMILES string of the molecule is CC1CCC(Cn2c(C(F)c3ccccc3F)cc3nc(/C(N)=N/O)nc(-c4cncc(Cl)c4)c32)CC1. The predicted molar refractivity (Wildman–Crippen MR) is 139 cm³/mol. The van der Waals surface area contributed by atoms with Gasteiger partial charge < -0.3 is 15.5 Å². The van der Waals surface area contributed by atoms with Gasteiger partial charge >= 0.3 is 0 Å². The minimum absolute atomic E-state index is 0.0264. The molecule has 0 bridgehead atoms. The number of pyridine rings is 1. The molecular weight excluding hydrogens is 498 g/mol. The second kappa shape index (κ2) is 10.4. The Balaban J connectivity index is 1.76. The van der Waals surface area contributed by atoms with Gasteiger partial charge in [-0.3, -0.25) is 4.98 Å². The highest BCUT2D eigenvalue weighted by Gasteiger charge is 2.28. The normalized spacial score (nSPS) is 19.3. The van der Waals surface area contributed by atoms with Crippen molar-refractivity contribution in [3.63, 3.8) is 0 Å². The highest BCUT2D eigenvalue weighted by atomic mass is 35.5. The molecule has 0 spiro atoms. The lowest BCUT2D eigenvalue weighted by Gasteiger charge is -2.28. The molecule has 5 rings (SSSR count). The molecule has 1 aliphatic rings. The molecule has 3 N–H and O–H groups in total. The number of fused-ring (bicyclic) bond motifs is 1. The molecule has 1 unspecified atom stereocenters. The Morgan fingerprint density at radius 3 is 2.65 bits per heavy atom. The monoisotopic (exact) mass is 524 g/mol. The fourth-order valence-corrected chi connectivity index (χ4v) is 5.28. The molecule has 0 amide bonds. The number of rotatable bonds is 6. The van der Waals surface area contributed by atoms with Crippen LogP contribution in [0.4, 0.5) is 8.78 Å². The van der Waals surface area contributed by atoms with Crippen LogP contribution in [0.2, 0.25) is 5.02 Å². The number of hydrogen-bond acceptors (Lipinski definition) is 5. The molecule has 7 nitrogen and oxygen atoms in total. The largest absolute Gasteiger partial charge is 0.409 e. The first-order valence-corrected chi connectivity index (χ1v) is 12.6. The summed E-state index contributed by atoms with van der Waals surface area (Å²) in [5.74, 6) is 0.0266. The van der Waals surface area contributed by atoms with Crippen LogP contribution in [0.5, 0.6) is 0 Å². The zero-order chi connectivity index (χ0) is 26.1. The fourth-order valence-electron chi connectivity index (χ4n) is 5.10. The van der Waals surface area contributed by atoms with Gasteiger partial charge in [-0.05, 0) is 42.9 Å². The van der Waals surface area contributed by atoms with Crippen LogP contribution in [0.1, 0.15) is 55.9 Å². The highest BCUT2D eigenvalue weighted by molar-refractivity contribution is 6.30. The molecule has 192 valence electrons. The molecule has 3 aromatic heterocycles. The van der Waals surface area contributed by atoms with E-state index in [4.69, 9.17) is 17.3 Å². The Bertz CT molecular complexity index is 1460. The molecule has 0 radical (unpaired) electrons. The van der Waals surface area contributed by atoms with Crippen LogP contribution in [0, 0.1) is 17.7 Å².